The number of aromatic amines is 1. The Morgan fingerprint density at radius 3 is 2.63 bits per heavy atom. The first kappa shape index (κ1) is 20.4. The Balaban J connectivity index is 1.62. The number of rotatable bonds is 9. The molecule has 0 aliphatic rings. The van der Waals surface area contributed by atoms with Crippen LogP contribution in [0.4, 0.5) is 0 Å². The summed E-state index contributed by atoms with van der Waals surface area (Å²) >= 11 is 0. The quantitative estimate of drug-likeness (QED) is 0.446. The molecule has 3 aromatic heterocycles. The first-order valence-corrected chi connectivity index (χ1v) is 11.5. The van der Waals surface area contributed by atoms with Crippen molar-refractivity contribution < 1.29 is 8.42 Å². The lowest BCUT2D eigenvalue weighted by atomic mass is 10.1. The van der Waals surface area contributed by atoms with Crippen LogP contribution in [0.1, 0.15) is 25.1 Å². The Morgan fingerprint density at radius 1 is 1.10 bits per heavy atom. The van der Waals surface area contributed by atoms with Gasteiger partial charge in [-0.05, 0) is 38.0 Å². The molecule has 0 fully saturated rings. The maximum atomic E-state index is 13.4. The van der Waals surface area contributed by atoms with E-state index in [1.807, 2.05) is 56.6 Å². The Morgan fingerprint density at radius 2 is 1.90 bits per heavy atom. The molecule has 0 atom stereocenters. The van der Waals surface area contributed by atoms with Crippen molar-refractivity contribution in [2.24, 2.45) is 0 Å². The zero-order valence-electron chi connectivity index (χ0n) is 17.2. The number of hydrogen-bond donors (Lipinski definition) is 1. The zero-order valence-corrected chi connectivity index (χ0v) is 18.0. The van der Waals surface area contributed by atoms with Crippen LogP contribution in [0, 0.1) is 0 Å². The van der Waals surface area contributed by atoms with Gasteiger partial charge in [-0.25, -0.2) is 8.42 Å². The van der Waals surface area contributed by atoms with Crippen LogP contribution in [0.25, 0.3) is 10.9 Å². The smallest absolute Gasteiger partial charge is 0.246 e. The summed E-state index contributed by atoms with van der Waals surface area (Å²) in [5.41, 5.74) is 2.86. The standard InChI is InChI=1S/C21H26N6O2S/c1-3-25-11-10-18(24-25)15-27(30(28,29)19-14-23-26(4-2)16-19)12-9-17-13-22-21-8-6-5-7-20(17)21/h5-8,10-11,13-14,16,22H,3-4,9,12,15H2,1-2H3. The summed E-state index contributed by atoms with van der Waals surface area (Å²) in [6, 6.07) is 9.91. The average molecular weight is 427 g/mol. The van der Waals surface area contributed by atoms with Gasteiger partial charge >= 0.3 is 0 Å². The van der Waals surface area contributed by atoms with Gasteiger partial charge in [0, 0.05) is 49.1 Å². The second-order valence-electron chi connectivity index (χ2n) is 7.14. The van der Waals surface area contributed by atoms with Crippen LogP contribution in [0.3, 0.4) is 0 Å². The van der Waals surface area contributed by atoms with Crippen molar-refractivity contribution in [3.05, 3.63) is 66.4 Å². The molecule has 30 heavy (non-hydrogen) atoms. The molecule has 0 radical (unpaired) electrons. The molecule has 3 heterocycles. The fourth-order valence-electron chi connectivity index (χ4n) is 3.51. The van der Waals surface area contributed by atoms with Crippen LogP contribution in [-0.4, -0.2) is 43.8 Å². The largest absolute Gasteiger partial charge is 0.361 e. The second kappa shape index (κ2) is 8.45. The number of fused-ring (bicyclic) bond motifs is 1. The predicted octanol–water partition coefficient (Wildman–Crippen LogP) is 3.03. The van der Waals surface area contributed by atoms with Gasteiger partial charge < -0.3 is 4.98 Å². The Bertz CT molecular complexity index is 1240. The van der Waals surface area contributed by atoms with Crippen molar-refractivity contribution in [1.29, 1.82) is 0 Å². The topological polar surface area (TPSA) is 88.8 Å². The number of benzene rings is 1. The monoisotopic (exact) mass is 426 g/mol. The molecule has 0 unspecified atom stereocenters. The zero-order chi connectivity index (χ0) is 21.1. The van der Waals surface area contributed by atoms with E-state index in [9.17, 15) is 8.42 Å². The summed E-state index contributed by atoms with van der Waals surface area (Å²) in [6.07, 6.45) is 7.42. The van der Waals surface area contributed by atoms with Gasteiger partial charge in [0.2, 0.25) is 10.0 Å². The highest BCUT2D eigenvalue weighted by Crippen LogP contribution is 2.22. The number of H-pyrrole nitrogens is 1. The molecule has 4 aromatic rings. The molecular formula is C21H26N6O2S. The van der Waals surface area contributed by atoms with E-state index in [1.54, 1.807) is 15.6 Å². The van der Waals surface area contributed by atoms with Crippen LogP contribution < -0.4 is 0 Å². The molecule has 0 saturated heterocycles. The molecule has 158 valence electrons. The van der Waals surface area contributed by atoms with Crippen molar-refractivity contribution in [3.8, 4) is 0 Å². The maximum Gasteiger partial charge on any atom is 0.246 e. The molecular weight excluding hydrogens is 400 g/mol. The molecule has 1 aromatic carbocycles. The predicted molar refractivity (Wildman–Crippen MR) is 115 cm³/mol. The van der Waals surface area contributed by atoms with Gasteiger partial charge in [0.15, 0.2) is 0 Å². The Kier molecular flexibility index (Phi) is 5.74. The SMILES string of the molecule is CCn1cc(S(=O)(=O)N(CCc2c[nH]c3ccccc23)Cc2ccn(CC)n2)cn1. The van der Waals surface area contributed by atoms with Gasteiger partial charge in [0.05, 0.1) is 18.4 Å². The fraction of sp³-hybridized carbons (Fsp3) is 0.333. The van der Waals surface area contributed by atoms with Crippen LogP contribution in [0.5, 0.6) is 0 Å². The molecule has 8 nitrogen and oxygen atoms in total. The van der Waals surface area contributed by atoms with Gasteiger partial charge in [-0.2, -0.15) is 14.5 Å². The van der Waals surface area contributed by atoms with Crippen molar-refractivity contribution >= 4 is 20.9 Å². The normalized spacial score (nSPS) is 12.2. The van der Waals surface area contributed by atoms with Crippen molar-refractivity contribution in [2.75, 3.05) is 6.54 Å². The molecule has 9 heteroatoms. The van der Waals surface area contributed by atoms with Crippen LogP contribution >= 0.6 is 0 Å². The summed E-state index contributed by atoms with van der Waals surface area (Å²) in [5, 5.41) is 9.74. The lowest BCUT2D eigenvalue weighted by molar-refractivity contribution is 0.403. The van der Waals surface area contributed by atoms with Gasteiger partial charge in [0.25, 0.3) is 0 Å². The van der Waals surface area contributed by atoms with Gasteiger partial charge in [0.1, 0.15) is 4.90 Å². The minimum Gasteiger partial charge on any atom is -0.361 e. The molecule has 0 bridgehead atoms. The summed E-state index contributed by atoms with van der Waals surface area (Å²) < 4.78 is 31.7. The van der Waals surface area contributed by atoms with E-state index in [0.29, 0.717) is 19.5 Å². The minimum absolute atomic E-state index is 0.207. The first-order valence-electron chi connectivity index (χ1n) is 10.1. The Labute approximate surface area is 176 Å². The number of nitrogens with zero attached hydrogens (tertiary/aromatic N) is 5. The Hall–Kier alpha value is -2.91. The molecule has 0 spiro atoms. The van der Waals surface area contributed by atoms with Crippen molar-refractivity contribution in [2.45, 2.75) is 44.8 Å². The van der Waals surface area contributed by atoms with Crippen LogP contribution in [-0.2, 0) is 36.1 Å². The number of hydrogen-bond acceptors (Lipinski definition) is 4. The van der Waals surface area contributed by atoms with E-state index in [4.69, 9.17) is 0 Å². The summed E-state index contributed by atoms with van der Waals surface area (Å²) in [6.45, 7) is 5.85. The number of nitrogens with one attached hydrogen (secondary N) is 1. The second-order valence-corrected chi connectivity index (χ2v) is 9.08. The molecule has 4 rings (SSSR count). The summed E-state index contributed by atoms with van der Waals surface area (Å²) in [5.74, 6) is 0. The number of para-hydroxylation sites is 1. The number of sulfonamides is 1. The third kappa shape index (κ3) is 4.03. The lowest BCUT2D eigenvalue weighted by Gasteiger charge is -2.20. The molecule has 0 aliphatic carbocycles. The van der Waals surface area contributed by atoms with E-state index >= 15 is 0 Å². The fourth-order valence-corrected chi connectivity index (χ4v) is 4.88. The van der Waals surface area contributed by atoms with Gasteiger partial charge in [-0.3, -0.25) is 9.36 Å². The van der Waals surface area contributed by atoms with Gasteiger partial charge in [-0.15, -0.1) is 0 Å². The van der Waals surface area contributed by atoms with E-state index < -0.39 is 10.0 Å². The highest BCUT2D eigenvalue weighted by Gasteiger charge is 2.27. The number of aromatic nitrogens is 5. The first-order chi connectivity index (χ1) is 14.5. The van der Waals surface area contributed by atoms with Crippen molar-refractivity contribution in [3.63, 3.8) is 0 Å². The van der Waals surface area contributed by atoms with Crippen LogP contribution in [0.15, 0.2) is 60.0 Å². The lowest BCUT2D eigenvalue weighted by Crippen LogP contribution is -2.32. The maximum absolute atomic E-state index is 13.4. The third-order valence-electron chi connectivity index (χ3n) is 5.24. The molecule has 0 amide bonds. The van der Waals surface area contributed by atoms with Gasteiger partial charge in [-0.1, -0.05) is 18.2 Å². The van der Waals surface area contributed by atoms with E-state index in [2.05, 4.69) is 15.2 Å². The number of aryl methyl sites for hydroxylation is 2. The highest BCUT2D eigenvalue weighted by atomic mass is 32.2. The minimum atomic E-state index is -3.70. The molecule has 0 aliphatic heterocycles. The highest BCUT2D eigenvalue weighted by molar-refractivity contribution is 7.89. The summed E-state index contributed by atoms with van der Waals surface area (Å²) in [7, 11) is -3.70. The van der Waals surface area contributed by atoms with E-state index in [-0.39, 0.29) is 11.4 Å². The van der Waals surface area contributed by atoms with Crippen molar-refractivity contribution in [1.82, 2.24) is 28.9 Å². The molecule has 0 saturated carbocycles. The van der Waals surface area contributed by atoms with E-state index in [1.165, 1.54) is 10.5 Å². The van der Waals surface area contributed by atoms with E-state index in [0.717, 1.165) is 28.7 Å². The molecule has 1 N–H and O–H groups in total. The van der Waals surface area contributed by atoms with Crippen LogP contribution in [0.2, 0.25) is 0 Å². The third-order valence-corrected chi connectivity index (χ3v) is 7.03. The summed E-state index contributed by atoms with van der Waals surface area (Å²) in [4.78, 5) is 3.46. The average Bonchev–Trinajstić information content (AvgIpc) is 3.50.